The van der Waals surface area contributed by atoms with E-state index in [1.807, 2.05) is 0 Å². The Hall–Kier alpha value is -2.58. The summed E-state index contributed by atoms with van der Waals surface area (Å²) in [7, 11) is 0. The van der Waals surface area contributed by atoms with Crippen molar-refractivity contribution in [1.29, 1.82) is 0 Å². The van der Waals surface area contributed by atoms with Gasteiger partial charge in [0.25, 0.3) is 0 Å². The van der Waals surface area contributed by atoms with Crippen molar-refractivity contribution in [2.75, 3.05) is 18.4 Å². The predicted molar refractivity (Wildman–Crippen MR) is 88.8 cm³/mol. The number of aryl methyl sites for hydroxylation is 1. The van der Waals surface area contributed by atoms with Crippen LogP contribution in [0, 0.1) is 6.92 Å². The molecule has 0 bridgehead atoms. The van der Waals surface area contributed by atoms with Gasteiger partial charge >= 0.3 is 6.09 Å². The van der Waals surface area contributed by atoms with Crippen molar-refractivity contribution >= 4 is 23.7 Å². The first-order chi connectivity index (χ1) is 11.7. The summed E-state index contributed by atoms with van der Waals surface area (Å²) in [6.45, 7) is 7.25. The van der Waals surface area contributed by atoms with Crippen LogP contribution in [0.3, 0.4) is 0 Å². The minimum Gasteiger partial charge on any atom is -0.444 e. The maximum absolute atomic E-state index is 12.3. The largest absolute Gasteiger partial charge is 0.444 e. The molecule has 0 spiro atoms. The number of carbonyl (C=O) groups excluding carboxylic acids is 3. The summed E-state index contributed by atoms with van der Waals surface area (Å²) >= 11 is 0. The van der Waals surface area contributed by atoms with E-state index in [0.29, 0.717) is 25.1 Å². The fourth-order valence-corrected chi connectivity index (χ4v) is 2.48. The lowest BCUT2D eigenvalue weighted by molar-refractivity contribution is -0.127. The molecular weight excluding hydrogens is 328 g/mol. The van der Waals surface area contributed by atoms with E-state index in [-0.39, 0.29) is 18.3 Å². The molecular formula is C16H24N4O5. The third kappa shape index (κ3) is 5.47. The Kier molecular flexibility index (Phi) is 5.66. The minimum absolute atomic E-state index is 0.219. The topological polar surface area (TPSA) is 114 Å². The maximum Gasteiger partial charge on any atom is 0.410 e. The predicted octanol–water partition coefficient (Wildman–Crippen LogP) is 1.44. The number of hydrogen-bond donors (Lipinski definition) is 2. The van der Waals surface area contributed by atoms with Gasteiger partial charge in [-0.25, -0.2) is 4.79 Å². The minimum atomic E-state index is -0.629. The zero-order chi connectivity index (χ0) is 18.6. The Labute approximate surface area is 146 Å². The van der Waals surface area contributed by atoms with Crippen LogP contribution in [0.2, 0.25) is 0 Å². The van der Waals surface area contributed by atoms with Gasteiger partial charge in [-0.05, 0) is 40.5 Å². The number of rotatable bonds is 4. The van der Waals surface area contributed by atoms with Crippen molar-refractivity contribution in [2.24, 2.45) is 0 Å². The van der Waals surface area contributed by atoms with Crippen molar-refractivity contribution in [1.82, 2.24) is 15.4 Å². The average Bonchev–Trinajstić information content (AvgIpc) is 3.12. The Bertz CT molecular complexity index is 649. The van der Waals surface area contributed by atoms with Gasteiger partial charge in [0.2, 0.25) is 11.8 Å². The highest BCUT2D eigenvalue weighted by Crippen LogP contribution is 2.20. The molecule has 1 fully saturated rings. The zero-order valence-electron chi connectivity index (χ0n) is 14.9. The van der Waals surface area contributed by atoms with E-state index in [1.54, 1.807) is 33.8 Å². The van der Waals surface area contributed by atoms with Gasteiger partial charge in [-0.3, -0.25) is 14.5 Å². The molecule has 2 rings (SSSR count). The van der Waals surface area contributed by atoms with E-state index in [0.717, 1.165) is 0 Å². The second-order valence-corrected chi connectivity index (χ2v) is 6.92. The van der Waals surface area contributed by atoms with Gasteiger partial charge in [0.15, 0.2) is 5.82 Å². The molecule has 2 heterocycles. The van der Waals surface area contributed by atoms with Crippen LogP contribution in [-0.4, -0.2) is 52.7 Å². The quantitative estimate of drug-likeness (QED) is 0.847. The molecule has 2 N–H and O–H groups in total. The van der Waals surface area contributed by atoms with E-state index in [9.17, 15) is 14.4 Å². The highest BCUT2D eigenvalue weighted by atomic mass is 16.6. The van der Waals surface area contributed by atoms with Gasteiger partial charge in [0, 0.05) is 12.6 Å². The lowest BCUT2D eigenvalue weighted by atomic mass is 10.2. The summed E-state index contributed by atoms with van der Waals surface area (Å²) in [5.41, 5.74) is -0.629. The Morgan fingerprint density at radius 2 is 2.12 bits per heavy atom. The number of ether oxygens (including phenoxy) is 1. The van der Waals surface area contributed by atoms with Crippen LogP contribution in [-0.2, 0) is 14.3 Å². The van der Waals surface area contributed by atoms with E-state index >= 15 is 0 Å². The van der Waals surface area contributed by atoms with Crippen LogP contribution in [0.1, 0.15) is 39.4 Å². The van der Waals surface area contributed by atoms with Crippen molar-refractivity contribution in [3.05, 3.63) is 11.8 Å². The highest BCUT2D eigenvalue weighted by molar-refractivity contribution is 5.95. The number of amides is 3. The van der Waals surface area contributed by atoms with E-state index in [2.05, 4.69) is 15.8 Å². The lowest BCUT2D eigenvalue weighted by Crippen LogP contribution is -2.48. The van der Waals surface area contributed by atoms with Gasteiger partial charge in [0.05, 0.1) is 6.54 Å². The van der Waals surface area contributed by atoms with E-state index < -0.39 is 23.6 Å². The van der Waals surface area contributed by atoms with E-state index in [4.69, 9.17) is 9.26 Å². The molecule has 9 heteroatoms. The molecule has 1 aromatic heterocycles. The molecule has 0 saturated carbocycles. The summed E-state index contributed by atoms with van der Waals surface area (Å²) in [4.78, 5) is 37.7. The molecule has 0 aliphatic carbocycles. The molecule has 1 aliphatic heterocycles. The summed E-state index contributed by atoms with van der Waals surface area (Å²) in [5.74, 6) is 0.0459. The number of anilines is 1. The molecule has 0 radical (unpaired) electrons. The summed E-state index contributed by atoms with van der Waals surface area (Å²) in [5, 5.41) is 8.69. The van der Waals surface area contributed by atoms with Crippen molar-refractivity contribution in [3.8, 4) is 0 Å². The van der Waals surface area contributed by atoms with Crippen LogP contribution in [0.4, 0.5) is 10.6 Å². The third-order valence-electron chi connectivity index (χ3n) is 3.50. The van der Waals surface area contributed by atoms with Crippen LogP contribution >= 0.6 is 0 Å². The fourth-order valence-electron chi connectivity index (χ4n) is 2.48. The summed E-state index contributed by atoms with van der Waals surface area (Å²) in [6, 6.07) is 0.943. The smallest absolute Gasteiger partial charge is 0.410 e. The molecule has 138 valence electrons. The molecule has 1 unspecified atom stereocenters. The first-order valence-corrected chi connectivity index (χ1v) is 8.16. The number of carbonyl (C=O) groups is 3. The normalized spacial score (nSPS) is 17.3. The molecule has 9 nitrogen and oxygen atoms in total. The van der Waals surface area contributed by atoms with Gasteiger partial charge < -0.3 is 19.9 Å². The number of nitrogens with zero attached hydrogens (tertiary/aromatic N) is 2. The first-order valence-electron chi connectivity index (χ1n) is 8.16. The molecule has 1 saturated heterocycles. The van der Waals surface area contributed by atoms with Crippen LogP contribution in [0.25, 0.3) is 0 Å². The number of aromatic nitrogens is 1. The highest BCUT2D eigenvalue weighted by Gasteiger charge is 2.36. The summed E-state index contributed by atoms with van der Waals surface area (Å²) in [6.07, 6.45) is 0.726. The van der Waals surface area contributed by atoms with Crippen molar-refractivity contribution in [2.45, 2.75) is 52.2 Å². The molecule has 1 atom stereocenters. The number of hydrogen-bond acceptors (Lipinski definition) is 6. The average molecular weight is 352 g/mol. The van der Waals surface area contributed by atoms with Crippen LogP contribution in [0.15, 0.2) is 10.6 Å². The van der Waals surface area contributed by atoms with Gasteiger partial charge in [0.1, 0.15) is 17.4 Å². The zero-order valence-corrected chi connectivity index (χ0v) is 14.9. The third-order valence-corrected chi connectivity index (χ3v) is 3.50. The SMILES string of the molecule is Cc1cc(NC(=O)CNC(=O)C2CCCN2C(=O)OC(C)(C)C)no1. The Morgan fingerprint density at radius 1 is 1.40 bits per heavy atom. The monoisotopic (exact) mass is 352 g/mol. The molecule has 1 aliphatic rings. The number of likely N-dealkylation sites (tertiary alicyclic amines) is 1. The molecule has 1 aromatic rings. The standard InChI is InChI=1S/C16H24N4O5/c1-10-8-12(19-25-10)18-13(21)9-17-14(22)11-6-5-7-20(11)15(23)24-16(2,3)4/h8,11H,5-7,9H2,1-4H3,(H,17,22)(H,18,19,21). The lowest BCUT2D eigenvalue weighted by Gasteiger charge is -2.27. The van der Waals surface area contributed by atoms with E-state index in [1.165, 1.54) is 4.90 Å². The molecule has 25 heavy (non-hydrogen) atoms. The van der Waals surface area contributed by atoms with Gasteiger partial charge in [-0.2, -0.15) is 0 Å². The first kappa shape index (κ1) is 18.8. The second-order valence-electron chi connectivity index (χ2n) is 6.92. The maximum atomic E-state index is 12.3. The molecule has 3 amide bonds. The van der Waals surface area contributed by atoms with Crippen LogP contribution in [0.5, 0.6) is 0 Å². The van der Waals surface area contributed by atoms with Gasteiger partial charge in [-0.1, -0.05) is 5.16 Å². The van der Waals surface area contributed by atoms with Crippen molar-refractivity contribution in [3.63, 3.8) is 0 Å². The van der Waals surface area contributed by atoms with Gasteiger partial charge in [-0.15, -0.1) is 0 Å². The Balaban J connectivity index is 1.84. The number of nitrogens with one attached hydrogen (secondary N) is 2. The second kappa shape index (κ2) is 7.54. The van der Waals surface area contributed by atoms with Crippen molar-refractivity contribution < 1.29 is 23.6 Å². The summed E-state index contributed by atoms with van der Waals surface area (Å²) < 4.78 is 10.2. The fraction of sp³-hybridized carbons (Fsp3) is 0.625. The Morgan fingerprint density at radius 3 is 2.72 bits per heavy atom. The van der Waals surface area contributed by atoms with Crippen LogP contribution < -0.4 is 10.6 Å². The molecule has 0 aromatic carbocycles.